The number of hydrogen-bond donors (Lipinski definition) is 2. The number of H-pyrrole nitrogens is 1. The number of nitrogens with zero attached hydrogens (tertiary/aromatic N) is 2. The van der Waals surface area contributed by atoms with Crippen LogP contribution >= 0.6 is 0 Å². The molecule has 0 aliphatic heterocycles. The number of carbonyl (C=O) groups excluding carboxylic acids is 1. The Hall–Kier alpha value is -2.83. The van der Waals surface area contributed by atoms with Crippen molar-refractivity contribution in [2.24, 2.45) is 5.10 Å². The van der Waals surface area contributed by atoms with Crippen LogP contribution in [-0.4, -0.2) is 36.5 Å². The van der Waals surface area contributed by atoms with Crippen molar-refractivity contribution < 1.29 is 14.3 Å². The maximum absolute atomic E-state index is 11.9. The maximum Gasteiger partial charge on any atom is 0.291 e. The van der Waals surface area contributed by atoms with Crippen LogP contribution in [-0.2, 0) is 0 Å². The summed E-state index contributed by atoms with van der Waals surface area (Å²) in [4.78, 5) is 11.9. The van der Waals surface area contributed by atoms with Crippen LogP contribution in [0.25, 0.3) is 0 Å². The minimum absolute atomic E-state index is 0.277. The molecule has 0 saturated heterocycles. The highest BCUT2D eigenvalue weighted by atomic mass is 16.5. The second kappa shape index (κ2) is 7.44. The lowest BCUT2D eigenvalue weighted by Gasteiger charge is -2.07. The fraction of sp³-hybridized carbons (Fsp3) is 0.312. The molecule has 23 heavy (non-hydrogen) atoms. The van der Waals surface area contributed by atoms with Crippen LogP contribution in [0.15, 0.2) is 29.4 Å². The number of hydrazone groups is 1. The second-order valence-corrected chi connectivity index (χ2v) is 5.18. The molecule has 0 bridgehead atoms. The van der Waals surface area contributed by atoms with Crippen LogP contribution in [0.5, 0.6) is 11.5 Å². The van der Waals surface area contributed by atoms with Crippen molar-refractivity contribution in [1.82, 2.24) is 15.6 Å². The van der Waals surface area contributed by atoms with Crippen molar-refractivity contribution in [3.05, 3.63) is 41.2 Å². The van der Waals surface area contributed by atoms with Crippen molar-refractivity contribution >= 4 is 12.1 Å². The summed E-state index contributed by atoms with van der Waals surface area (Å²) < 4.78 is 10.4. The minimum Gasteiger partial charge on any atom is -0.493 e. The van der Waals surface area contributed by atoms with Gasteiger partial charge in [0.2, 0.25) is 0 Å². The Morgan fingerprint density at radius 1 is 1.26 bits per heavy atom. The summed E-state index contributed by atoms with van der Waals surface area (Å²) in [7, 11) is 3.13. The van der Waals surface area contributed by atoms with E-state index in [1.807, 2.05) is 19.9 Å². The number of methoxy groups -OCH3 is 2. The molecule has 2 rings (SSSR count). The van der Waals surface area contributed by atoms with Gasteiger partial charge in [-0.15, -0.1) is 0 Å². The third kappa shape index (κ3) is 4.09. The predicted molar refractivity (Wildman–Crippen MR) is 87.3 cm³/mol. The zero-order chi connectivity index (χ0) is 16.8. The molecule has 0 fully saturated rings. The summed E-state index contributed by atoms with van der Waals surface area (Å²) in [6, 6.07) is 7.05. The Bertz CT molecular complexity index is 707. The summed E-state index contributed by atoms with van der Waals surface area (Å²) >= 11 is 0. The molecule has 0 spiro atoms. The molecule has 0 atom stereocenters. The van der Waals surface area contributed by atoms with E-state index in [0.29, 0.717) is 17.2 Å². The van der Waals surface area contributed by atoms with E-state index in [4.69, 9.17) is 9.47 Å². The Balaban J connectivity index is 2.01. The van der Waals surface area contributed by atoms with Gasteiger partial charge < -0.3 is 9.47 Å². The van der Waals surface area contributed by atoms with Gasteiger partial charge in [0.25, 0.3) is 5.91 Å². The predicted octanol–water partition coefficient (Wildman–Crippen LogP) is 2.31. The lowest BCUT2D eigenvalue weighted by atomic mass is 10.1. The zero-order valence-electron chi connectivity index (χ0n) is 13.6. The fourth-order valence-electron chi connectivity index (χ4n) is 1.90. The highest BCUT2D eigenvalue weighted by Gasteiger charge is 2.11. The molecule has 2 aromatic rings. The van der Waals surface area contributed by atoms with Crippen LogP contribution in [0.2, 0.25) is 0 Å². The van der Waals surface area contributed by atoms with Gasteiger partial charge in [0.15, 0.2) is 17.2 Å². The van der Waals surface area contributed by atoms with Crippen LogP contribution in [0.4, 0.5) is 0 Å². The normalized spacial score (nSPS) is 11.0. The summed E-state index contributed by atoms with van der Waals surface area (Å²) in [5, 5.41) is 10.7. The monoisotopic (exact) mass is 316 g/mol. The molecule has 122 valence electrons. The number of benzene rings is 1. The van der Waals surface area contributed by atoms with Crippen molar-refractivity contribution in [3.8, 4) is 11.5 Å². The number of hydrogen-bond acceptors (Lipinski definition) is 5. The van der Waals surface area contributed by atoms with Crippen LogP contribution < -0.4 is 14.9 Å². The molecule has 7 heteroatoms. The summed E-state index contributed by atoms with van der Waals surface area (Å²) in [5.74, 6) is 1.13. The molecule has 7 nitrogen and oxygen atoms in total. The molecular weight excluding hydrogens is 296 g/mol. The average molecular weight is 316 g/mol. The Morgan fingerprint density at radius 3 is 2.61 bits per heavy atom. The van der Waals surface area contributed by atoms with E-state index in [1.54, 1.807) is 32.4 Å². The number of nitrogens with one attached hydrogen (secondary N) is 2. The molecule has 2 N–H and O–H groups in total. The van der Waals surface area contributed by atoms with E-state index in [1.165, 1.54) is 6.21 Å². The van der Waals surface area contributed by atoms with Crippen LogP contribution in [0.1, 0.15) is 41.5 Å². The molecule has 0 unspecified atom stereocenters. The van der Waals surface area contributed by atoms with Gasteiger partial charge in [-0.05, 0) is 35.7 Å². The van der Waals surface area contributed by atoms with Gasteiger partial charge in [-0.25, -0.2) is 5.43 Å². The van der Waals surface area contributed by atoms with Crippen molar-refractivity contribution in [2.75, 3.05) is 14.2 Å². The Morgan fingerprint density at radius 2 is 2.00 bits per heavy atom. The quantitative estimate of drug-likeness (QED) is 0.632. The van der Waals surface area contributed by atoms with E-state index >= 15 is 0 Å². The van der Waals surface area contributed by atoms with Crippen molar-refractivity contribution in [3.63, 3.8) is 0 Å². The van der Waals surface area contributed by atoms with E-state index in [0.717, 1.165) is 11.3 Å². The topological polar surface area (TPSA) is 88.6 Å². The van der Waals surface area contributed by atoms with Gasteiger partial charge >= 0.3 is 0 Å². The van der Waals surface area contributed by atoms with Crippen molar-refractivity contribution in [2.45, 2.75) is 19.8 Å². The van der Waals surface area contributed by atoms with E-state index in [2.05, 4.69) is 20.7 Å². The van der Waals surface area contributed by atoms with Gasteiger partial charge in [0.05, 0.1) is 20.4 Å². The van der Waals surface area contributed by atoms with Crippen LogP contribution in [0, 0.1) is 0 Å². The number of rotatable bonds is 6. The molecule has 1 aromatic carbocycles. The van der Waals surface area contributed by atoms with E-state index in [-0.39, 0.29) is 11.8 Å². The number of carbonyl (C=O) groups is 1. The van der Waals surface area contributed by atoms with E-state index < -0.39 is 0 Å². The standard InChI is InChI=1S/C16H20N4O3/c1-10(2)12-8-13(19-18-12)16(21)20-17-9-11-5-6-14(22-3)15(7-11)23-4/h5-10H,1-4H3,(H,18,19)(H,20,21)/b17-9-. The highest BCUT2D eigenvalue weighted by molar-refractivity contribution is 5.93. The van der Waals surface area contributed by atoms with Gasteiger partial charge in [-0.3, -0.25) is 9.89 Å². The molecule has 0 saturated carbocycles. The molecule has 1 aromatic heterocycles. The maximum atomic E-state index is 11.9. The number of amides is 1. The summed E-state index contributed by atoms with van der Waals surface area (Å²) in [5.41, 5.74) is 4.42. The first-order chi connectivity index (χ1) is 11.0. The van der Waals surface area contributed by atoms with Gasteiger partial charge in [0.1, 0.15) is 0 Å². The number of aromatic amines is 1. The lowest BCUT2D eigenvalue weighted by Crippen LogP contribution is -2.18. The second-order valence-electron chi connectivity index (χ2n) is 5.18. The van der Waals surface area contributed by atoms with Crippen LogP contribution in [0.3, 0.4) is 0 Å². The molecule has 0 radical (unpaired) electrons. The third-order valence-electron chi connectivity index (χ3n) is 3.24. The van der Waals surface area contributed by atoms with Crippen molar-refractivity contribution in [1.29, 1.82) is 0 Å². The van der Waals surface area contributed by atoms with Gasteiger partial charge in [-0.1, -0.05) is 13.8 Å². The van der Waals surface area contributed by atoms with E-state index in [9.17, 15) is 4.79 Å². The first-order valence-corrected chi connectivity index (χ1v) is 7.16. The SMILES string of the molecule is COc1ccc(/C=N\NC(=O)c2cc(C(C)C)[nH]n2)cc1OC. The summed E-state index contributed by atoms with van der Waals surface area (Å²) in [6.45, 7) is 4.04. The third-order valence-corrected chi connectivity index (χ3v) is 3.24. The molecule has 1 amide bonds. The smallest absolute Gasteiger partial charge is 0.291 e. The zero-order valence-corrected chi connectivity index (χ0v) is 13.6. The Labute approximate surface area is 134 Å². The fourth-order valence-corrected chi connectivity index (χ4v) is 1.90. The highest BCUT2D eigenvalue weighted by Crippen LogP contribution is 2.26. The molecule has 0 aliphatic rings. The molecule has 0 aliphatic carbocycles. The van der Waals surface area contributed by atoms with Gasteiger partial charge in [0, 0.05) is 5.69 Å². The first-order valence-electron chi connectivity index (χ1n) is 7.16. The largest absolute Gasteiger partial charge is 0.493 e. The number of aromatic nitrogens is 2. The average Bonchev–Trinajstić information content (AvgIpc) is 3.05. The minimum atomic E-state index is -0.370. The Kier molecular flexibility index (Phi) is 5.35. The number of ether oxygens (including phenoxy) is 2. The first kappa shape index (κ1) is 16.5. The van der Waals surface area contributed by atoms with Gasteiger partial charge in [-0.2, -0.15) is 10.2 Å². The summed E-state index contributed by atoms with van der Waals surface area (Å²) in [6.07, 6.45) is 1.52. The molecular formula is C16H20N4O3. The lowest BCUT2D eigenvalue weighted by molar-refractivity contribution is 0.0950. The molecule has 1 heterocycles.